The minimum Gasteiger partial charge on any atom is -0.368 e. The summed E-state index contributed by atoms with van der Waals surface area (Å²) in [6, 6.07) is -0.407. The summed E-state index contributed by atoms with van der Waals surface area (Å²) in [4.78, 5) is 10.7. The number of amides is 1. The number of hydrogen-bond acceptors (Lipinski definition) is 2. The molecule has 1 amide bonds. The SMILES string of the molecule is Cl.NC(=O)[C@@H](N)C1CCCCC1. The molecule has 0 bridgehead atoms. The van der Waals surface area contributed by atoms with Gasteiger partial charge in [0, 0.05) is 0 Å². The van der Waals surface area contributed by atoms with E-state index in [-0.39, 0.29) is 18.3 Å². The first-order valence-corrected chi connectivity index (χ1v) is 4.26. The van der Waals surface area contributed by atoms with E-state index in [1.807, 2.05) is 0 Å². The Morgan fingerprint density at radius 3 is 2.17 bits per heavy atom. The van der Waals surface area contributed by atoms with E-state index in [4.69, 9.17) is 11.5 Å². The topological polar surface area (TPSA) is 69.1 Å². The lowest BCUT2D eigenvalue weighted by Crippen LogP contribution is -2.43. The normalized spacial score (nSPS) is 21.1. The number of hydrogen-bond donors (Lipinski definition) is 2. The van der Waals surface area contributed by atoms with Crippen LogP contribution in [0.5, 0.6) is 0 Å². The molecule has 0 aromatic rings. The predicted octanol–water partition coefficient (Wildman–Crippen LogP) is 0.801. The molecule has 1 aliphatic carbocycles. The number of halogens is 1. The Labute approximate surface area is 79.3 Å². The summed E-state index contributed by atoms with van der Waals surface area (Å²) in [5, 5.41) is 0. The zero-order chi connectivity index (χ0) is 8.27. The highest BCUT2D eigenvalue weighted by Gasteiger charge is 2.23. The predicted molar refractivity (Wildman–Crippen MR) is 51.0 cm³/mol. The average Bonchev–Trinajstić information content (AvgIpc) is 2.05. The highest BCUT2D eigenvalue weighted by atomic mass is 35.5. The summed E-state index contributed by atoms with van der Waals surface area (Å²) in [7, 11) is 0. The van der Waals surface area contributed by atoms with Crippen LogP contribution in [0.1, 0.15) is 32.1 Å². The lowest BCUT2D eigenvalue weighted by Gasteiger charge is -2.24. The van der Waals surface area contributed by atoms with E-state index < -0.39 is 6.04 Å². The molecule has 0 heterocycles. The molecule has 3 nitrogen and oxygen atoms in total. The maximum absolute atomic E-state index is 10.7. The smallest absolute Gasteiger partial charge is 0.234 e. The molecule has 1 saturated carbocycles. The summed E-state index contributed by atoms with van der Waals surface area (Å²) in [5.74, 6) is -0.00171. The van der Waals surface area contributed by atoms with Crippen LogP contribution in [0.25, 0.3) is 0 Å². The Kier molecular flexibility index (Phi) is 5.25. The molecular weight excluding hydrogens is 176 g/mol. The van der Waals surface area contributed by atoms with Gasteiger partial charge in [-0.2, -0.15) is 0 Å². The Bertz CT molecular complexity index is 146. The van der Waals surface area contributed by atoms with E-state index in [2.05, 4.69) is 0 Å². The zero-order valence-corrected chi connectivity index (χ0v) is 7.98. The summed E-state index contributed by atoms with van der Waals surface area (Å²) in [6.07, 6.45) is 5.83. The fraction of sp³-hybridized carbons (Fsp3) is 0.875. The monoisotopic (exact) mass is 192 g/mol. The molecule has 0 unspecified atom stereocenters. The van der Waals surface area contributed by atoms with E-state index in [0.717, 1.165) is 12.8 Å². The molecular formula is C8H17ClN2O. The number of primary amides is 1. The first kappa shape index (κ1) is 11.7. The van der Waals surface area contributed by atoms with Crippen molar-refractivity contribution in [3.8, 4) is 0 Å². The van der Waals surface area contributed by atoms with Crippen LogP contribution < -0.4 is 11.5 Å². The van der Waals surface area contributed by atoms with Crippen molar-refractivity contribution in [3.63, 3.8) is 0 Å². The van der Waals surface area contributed by atoms with E-state index in [0.29, 0.717) is 5.92 Å². The molecule has 1 rings (SSSR count). The number of nitrogens with two attached hydrogens (primary N) is 2. The molecule has 1 fully saturated rings. The van der Waals surface area contributed by atoms with Gasteiger partial charge in [-0.25, -0.2) is 0 Å². The number of rotatable bonds is 2. The van der Waals surface area contributed by atoms with Crippen LogP contribution in [0.3, 0.4) is 0 Å². The fourth-order valence-corrected chi connectivity index (χ4v) is 1.73. The molecule has 0 saturated heterocycles. The molecule has 4 heteroatoms. The van der Waals surface area contributed by atoms with Gasteiger partial charge in [-0.05, 0) is 18.8 Å². The van der Waals surface area contributed by atoms with Gasteiger partial charge in [0.25, 0.3) is 0 Å². The third-order valence-corrected chi connectivity index (χ3v) is 2.49. The van der Waals surface area contributed by atoms with Crippen molar-refractivity contribution < 1.29 is 4.79 Å². The summed E-state index contributed by atoms with van der Waals surface area (Å²) in [5.41, 5.74) is 10.7. The second kappa shape index (κ2) is 5.38. The summed E-state index contributed by atoms with van der Waals surface area (Å²) < 4.78 is 0. The van der Waals surface area contributed by atoms with Crippen LogP contribution in [-0.2, 0) is 4.79 Å². The first-order valence-electron chi connectivity index (χ1n) is 4.26. The van der Waals surface area contributed by atoms with Gasteiger partial charge in [-0.1, -0.05) is 19.3 Å². The number of carbonyl (C=O) groups is 1. The van der Waals surface area contributed by atoms with Crippen molar-refractivity contribution >= 4 is 18.3 Å². The molecule has 0 spiro atoms. The van der Waals surface area contributed by atoms with Crippen LogP contribution in [0.15, 0.2) is 0 Å². The van der Waals surface area contributed by atoms with Crippen molar-refractivity contribution in [1.82, 2.24) is 0 Å². The van der Waals surface area contributed by atoms with Gasteiger partial charge in [0.15, 0.2) is 0 Å². The van der Waals surface area contributed by atoms with Crippen LogP contribution in [0.2, 0.25) is 0 Å². The summed E-state index contributed by atoms with van der Waals surface area (Å²) >= 11 is 0. The molecule has 4 N–H and O–H groups in total. The highest BCUT2D eigenvalue weighted by molar-refractivity contribution is 5.85. The van der Waals surface area contributed by atoms with Crippen molar-refractivity contribution in [2.24, 2.45) is 17.4 Å². The lowest BCUT2D eigenvalue weighted by molar-refractivity contribution is -0.120. The van der Waals surface area contributed by atoms with Crippen LogP contribution in [0.4, 0.5) is 0 Å². The van der Waals surface area contributed by atoms with E-state index in [1.165, 1.54) is 19.3 Å². The third kappa shape index (κ3) is 2.99. The molecule has 72 valence electrons. The Morgan fingerprint density at radius 2 is 1.75 bits per heavy atom. The first-order chi connectivity index (χ1) is 5.22. The second-order valence-corrected chi connectivity index (χ2v) is 3.33. The van der Waals surface area contributed by atoms with Crippen molar-refractivity contribution in [2.75, 3.05) is 0 Å². The molecule has 0 aliphatic heterocycles. The minimum atomic E-state index is -0.407. The van der Waals surface area contributed by atoms with E-state index in [9.17, 15) is 4.79 Å². The van der Waals surface area contributed by atoms with E-state index in [1.54, 1.807) is 0 Å². The van der Waals surface area contributed by atoms with Crippen molar-refractivity contribution in [3.05, 3.63) is 0 Å². The molecule has 12 heavy (non-hydrogen) atoms. The van der Waals surface area contributed by atoms with Crippen LogP contribution >= 0.6 is 12.4 Å². The maximum atomic E-state index is 10.7. The van der Waals surface area contributed by atoms with Gasteiger partial charge in [0.05, 0.1) is 6.04 Å². The number of carbonyl (C=O) groups excluding carboxylic acids is 1. The Balaban J connectivity index is 0.00000121. The molecule has 1 atom stereocenters. The van der Waals surface area contributed by atoms with Crippen LogP contribution in [0, 0.1) is 5.92 Å². The van der Waals surface area contributed by atoms with Crippen LogP contribution in [-0.4, -0.2) is 11.9 Å². The molecule has 0 aromatic carbocycles. The van der Waals surface area contributed by atoms with E-state index >= 15 is 0 Å². The molecule has 0 radical (unpaired) electrons. The quantitative estimate of drug-likeness (QED) is 0.680. The van der Waals surface area contributed by atoms with Gasteiger partial charge >= 0.3 is 0 Å². The maximum Gasteiger partial charge on any atom is 0.234 e. The fourth-order valence-electron chi connectivity index (χ4n) is 1.73. The minimum absolute atomic E-state index is 0. The van der Waals surface area contributed by atoms with Gasteiger partial charge in [-0.3, -0.25) is 4.79 Å². The van der Waals surface area contributed by atoms with Crippen molar-refractivity contribution in [1.29, 1.82) is 0 Å². The van der Waals surface area contributed by atoms with Gasteiger partial charge < -0.3 is 11.5 Å². The van der Waals surface area contributed by atoms with Gasteiger partial charge in [0.1, 0.15) is 0 Å². The average molecular weight is 193 g/mol. The molecule has 1 aliphatic rings. The summed E-state index contributed by atoms with van der Waals surface area (Å²) in [6.45, 7) is 0. The van der Waals surface area contributed by atoms with Gasteiger partial charge in [0.2, 0.25) is 5.91 Å². The van der Waals surface area contributed by atoms with Crippen molar-refractivity contribution in [2.45, 2.75) is 38.1 Å². The second-order valence-electron chi connectivity index (χ2n) is 3.33. The standard InChI is InChI=1S/C8H16N2O.ClH/c9-7(8(10)11)6-4-2-1-3-5-6;/h6-7H,1-5,9H2,(H2,10,11);1H/t7-;/m0./s1. The Hall–Kier alpha value is -0.280. The zero-order valence-electron chi connectivity index (χ0n) is 7.16. The lowest BCUT2D eigenvalue weighted by atomic mass is 9.84. The largest absolute Gasteiger partial charge is 0.368 e. The van der Waals surface area contributed by atoms with Gasteiger partial charge in [-0.15, -0.1) is 12.4 Å². The molecule has 0 aromatic heterocycles. The Morgan fingerprint density at radius 1 is 1.25 bits per heavy atom. The third-order valence-electron chi connectivity index (χ3n) is 2.49. The highest BCUT2D eigenvalue weighted by Crippen LogP contribution is 2.25.